The van der Waals surface area contributed by atoms with Crippen LogP contribution in [0.4, 0.5) is 0 Å². The van der Waals surface area contributed by atoms with E-state index in [-0.39, 0.29) is 11.9 Å². The van der Waals surface area contributed by atoms with Crippen molar-refractivity contribution >= 4 is 39.9 Å². The van der Waals surface area contributed by atoms with Gasteiger partial charge in [-0.15, -0.1) is 11.3 Å². The Morgan fingerprint density at radius 2 is 1.85 bits per heavy atom. The average Bonchev–Trinajstić information content (AvgIpc) is 2.76. The van der Waals surface area contributed by atoms with Crippen molar-refractivity contribution in [3.63, 3.8) is 0 Å². The van der Waals surface area contributed by atoms with Gasteiger partial charge in [0, 0.05) is 14.6 Å². The van der Waals surface area contributed by atoms with E-state index in [1.54, 1.807) is 25.2 Å². The third-order valence-corrected chi connectivity index (χ3v) is 7.93. The van der Waals surface area contributed by atoms with Gasteiger partial charge in [0.15, 0.2) is 0 Å². The minimum Gasteiger partial charge on any atom is -0.285 e. The summed E-state index contributed by atoms with van der Waals surface area (Å²) in [4.78, 5) is 12.6. The fourth-order valence-corrected chi connectivity index (χ4v) is 5.63. The van der Waals surface area contributed by atoms with Gasteiger partial charge in [0.05, 0.1) is 19.7 Å². The van der Waals surface area contributed by atoms with E-state index in [4.69, 9.17) is 0 Å². The Morgan fingerprint density at radius 3 is 2.40 bits per heavy atom. The number of rotatable bonds is 3. The first-order valence-corrected chi connectivity index (χ1v) is 11.1. The van der Waals surface area contributed by atoms with Crippen molar-refractivity contribution in [2.45, 2.75) is 39.5 Å². The molecule has 2 rings (SSSR count). The number of amides is 1. The van der Waals surface area contributed by atoms with Crippen LogP contribution in [-0.4, -0.2) is 30.3 Å². The zero-order valence-electron chi connectivity index (χ0n) is 12.6. The smallest absolute Gasteiger partial charge is 0.278 e. The molecule has 3 nitrogen and oxygen atoms in total. The fourth-order valence-electron chi connectivity index (χ4n) is 2.13. The van der Waals surface area contributed by atoms with Crippen LogP contribution < -0.4 is 4.50 Å². The molecule has 1 aromatic heterocycles. The molecule has 0 atom stereocenters. The SMILES string of the molecule is CC(C)N(O)C(=O)c1c([Si](C)(C)C)sc2ccccc12. The van der Waals surface area contributed by atoms with Crippen LogP contribution in [0.3, 0.4) is 0 Å². The van der Waals surface area contributed by atoms with Gasteiger partial charge in [-0.25, -0.2) is 5.06 Å². The predicted octanol–water partition coefficient (Wildman–Crippen LogP) is 3.69. The van der Waals surface area contributed by atoms with Gasteiger partial charge < -0.3 is 0 Å². The molecular formula is C15H21NO2SSi. The molecule has 0 aliphatic rings. The molecule has 0 bridgehead atoms. The highest BCUT2D eigenvalue weighted by Gasteiger charge is 2.30. The van der Waals surface area contributed by atoms with Crippen LogP contribution >= 0.6 is 11.3 Å². The van der Waals surface area contributed by atoms with Crippen LogP contribution in [0.25, 0.3) is 10.1 Å². The lowest BCUT2D eigenvalue weighted by Gasteiger charge is -2.22. The molecule has 0 saturated carbocycles. The molecule has 2 aromatic rings. The Bertz CT molecular complexity index is 643. The number of carbonyl (C=O) groups is 1. The number of benzene rings is 1. The first-order valence-electron chi connectivity index (χ1n) is 6.78. The molecule has 0 saturated heterocycles. The molecular weight excluding hydrogens is 286 g/mol. The standard InChI is InChI=1S/C15H21NO2SSi/c1-10(2)16(18)14(17)13-11-8-6-7-9-12(11)19-15(13)20(3,4)5/h6-10,18H,1-5H3. The van der Waals surface area contributed by atoms with E-state index in [2.05, 4.69) is 19.6 Å². The lowest BCUT2D eigenvalue weighted by molar-refractivity contribution is -0.0791. The Morgan fingerprint density at radius 1 is 1.25 bits per heavy atom. The van der Waals surface area contributed by atoms with E-state index in [0.29, 0.717) is 5.56 Å². The molecule has 1 amide bonds. The first-order chi connectivity index (χ1) is 9.23. The summed E-state index contributed by atoms with van der Waals surface area (Å²) in [7, 11) is -1.64. The van der Waals surface area contributed by atoms with Crippen molar-refractivity contribution in [1.29, 1.82) is 0 Å². The lowest BCUT2D eigenvalue weighted by Crippen LogP contribution is -2.43. The van der Waals surface area contributed by atoms with Crippen molar-refractivity contribution in [3.05, 3.63) is 29.8 Å². The van der Waals surface area contributed by atoms with E-state index < -0.39 is 8.07 Å². The van der Waals surface area contributed by atoms with Crippen molar-refractivity contribution in [2.75, 3.05) is 0 Å². The highest BCUT2D eigenvalue weighted by molar-refractivity contribution is 7.32. The van der Waals surface area contributed by atoms with Crippen LogP contribution in [0, 0.1) is 0 Å². The van der Waals surface area contributed by atoms with Crippen molar-refractivity contribution in [3.8, 4) is 0 Å². The quantitative estimate of drug-likeness (QED) is 0.534. The van der Waals surface area contributed by atoms with Crippen LogP contribution in [0.1, 0.15) is 24.2 Å². The van der Waals surface area contributed by atoms with Crippen molar-refractivity contribution in [2.24, 2.45) is 0 Å². The van der Waals surface area contributed by atoms with E-state index in [9.17, 15) is 10.0 Å². The number of hydroxylamine groups is 2. The number of thiophene rings is 1. The van der Waals surface area contributed by atoms with Crippen molar-refractivity contribution in [1.82, 2.24) is 5.06 Å². The highest BCUT2D eigenvalue weighted by Crippen LogP contribution is 2.28. The largest absolute Gasteiger partial charge is 0.285 e. The first kappa shape index (κ1) is 15.2. The summed E-state index contributed by atoms with van der Waals surface area (Å²) in [5.41, 5.74) is 0.695. The number of carbonyl (C=O) groups excluding carboxylic acids is 1. The minimum atomic E-state index is -1.64. The van der Waals surface area contributed by atoms with Gasteiger partial charge in [-0.1, -0.05) is 37.8 Å². The van der Waals surface area contributed by atoms with Crippen molar-refractivity contribution < 1.29 is 10.0 Å². The maximum absolute atomic E-state index is 12.6. The maximum atomic E-state index is 12.6. The van der Waals surface area contributed by atoms with Crippen LogP contribution in [0.15, 0.2) is 24.3 Å². The molecule has 0 aliphatic carbocycles. The predicted molar refractivity (Wildman–Crippen MR) is 87.9 cm³/mol. The van der Waals surface area contributed by atoms with Crippen LogP contribution in [0.5, 0.6) is 0 Å². The van der Waals surface area contributed by atoms with Gasteiger partial charge >= 0.3 is 0 Å². The summed E-state index contributed by atoms with van der Waals surface area (Å²) in [5, 5.41) is 11.8. The Balaban J connectivity index is 2.69. The van der Waals surface area contributed by atoms with Gasteiger partial charge in [-0.05, 0) is 19.9 Å². The van der Waals surface area contributed by atoms with E-state index in [0.717, 1.165) is 19.6 Å². The summed E-state index contributed by atoms with van der Waals surface area (Å²) >= 11 is 1.69. The Hall–Kier alpha value is -1.17. The zero-order valence-corrected chi connectivity index (χ0v) is 14.4. The second-order valence-electron chi connectivity index (χ2n) is 6.30. The maximum Gasteiger partial charge on any atom is 0.278 e. The minimum absolute atomic E-state index is 0.226. The van der Waals surface area contributed by atoms with Gasteiger partial charge in [-0.3, -0.25) is 10.0 Å². The third kappa shape index (κ3) is 2.66. The number of nitrogens with zero attached hydrogens (tertiary/aromatic N) is 1. The summed E-state index contributed by atoms with van der Waals surface area (Å²) < 4.78 is 2.27. The molecule has 0 unspecified atom stereocenters. The molecule has 5 heteroatoms. The summed E-state index contributed by atoms with van der Waals surface area (Å²) in [6, 6.07) is 7.71. The monoisotopic (exact) mass is 307 g/mol. The van der Waals surface area contributed by atoms with Gasteiger partial charge in [0.25, 0.3) is 5.91 Å². The molecule has 108 valence electrons. The van der Waals surface area contributed by atoms with Crippen LogP contribution in [0.2, 0.25) is 19.6 Å². The molecule has 0 fully saturated rings. The molecule has 1 N–H and O–H groups in total. The van der Waals surface area contributed by atoms with Gasteiger partial charge in [0.1, 0.15) is 0 Å². The summed E-state index contributed by atoms with van der Waals surface area (Å²) in [6.45, 7) is 10.3. The number of hydrogen-bond donors (Lipinski definition) is 1. The molecule has 0 radical (unpaired) electrons. The van der Waals surface area contributed by atoms with Crippen LogP contribution in [-0.2, 0) is 0 Å². The molecule has 0 spiro atoms. The zero-order chi connectivity index (χ0) is 15.1. The average molecular weight is 307 g/mol. The Kier molecular flexibility index (Phi) is 4.04. The second kappa shape index (κ2) is 5.31. The summed E-state index contributed by atoms with van der Waals surface area (Å²) in [6.07, 6.45) is 0. The molecule has 0 aliphatic heterocycles. The molecule has 1 heterocycles. The third-order valence-electron chi connectivity index (χ3n) is 3.19. The fraction of sp³-hybridized carbons (Fsp3) is 0.400. The van der Waals surface area contributed by atoms with Gasteiger partial charge in [-0.2, -0.15) is 0 Å². The van der Waals surface area contributed by atoms with E-state index >= 15 is 0 Å². The topological polar surface area (TPSA) is 40.5 Å². The summed E-state index contributed by atoms with van der Waals surface area (Å²) in [5.74, 6) is -0.283. The second-order valence-corrected chi connectivity index (χ2v) is 12.7. The normalized spacial score (nSPS) is 12.2. The highest BCUT2D eigenvalue weighted by atomic mass is 32.1. The van der Waals surface area contributed by atoms with E-state index in [1.165, 1.54) is 0 Å². The molecule has 20 heavy (non-hydrogen) atoms. The lowest BCUT2D eigenvalue weighted by atomic mass is 10.1. The molecule has 1 aromatic carbocycles. The Labute approximate surface area is 124 Å². The van der Waals surface area contributed by atoms with Gasteiger partial charge in [0.2, 0.25) is 0 Å². The number of fused-ring (bicyclic) bond motifs is 1. The number of hydrogen-bond acceptors (Lipinski definition) is 3. The van der Waals surface area contributed by atoms with E-state index in [1.807, 2.05) is 24.3 Å².